The predicted molar refractivity (Wildman–Crippen MR) is 95.3 cm³/mol. The van der Waals surface area contributed by atoms with Crippen molar-refractivity contribution < 1.29 is 26.9 Å². The summed E-state index contributed by atoms with van der Waals surface area (Å²) in [6, 6.07) is 6.42. The number of hydrogen-bond acceptors (Lipinski definition) is 8. The van der Waals surface area contributed by atoms with Gasteiger partial charge in [0.2, 0.25) is 0 Å². The molecule has 1 fully saturated rings. The average molecular weight is 395 g/mol. The highest BCUT2D eigenvalue weighted by atomic mass is 32.2. The van der Waals surface area contributed by atoms with Gasteiger partial charge < -0.3 is 19.0 Å². The van der Waals surface area contributed by atoms with Gasteiger partial charge in [0.15, 0.2) is 15.9 Å². The zero-order chi connectivity index (χ0) is 18.9. The summed E-state index contributed by atoms with van der Waals surface area (Å²) < 4.78 is 47.7. The molecule has 1 aromatic heterocycles. The lowest BCUT2D eigenvalue weighted by Crippen LogP contribution is -2.40. The fourth-order valence-corrected chi connectivity index (χ4v) is 4.24. The monoisotopic (exact) mass is 395 g/mol. The highest BCUT2D eigenvalue weighted by Gasteiger charge is 2.26. The Morgan fingerprint density at radius 3 is 2.78 bits per heavy atom. The van der Waals surface area contributed by atoms with Crippen molar-refractivity contribution in [2.24, 2.45) is 5.16 Å². The van der Waals surface area contributed by atoms with Gasteiger partial charge in [-0.25, -0.2) is 12.8 Å². The summed E-state index contributed by atoms with van der Waals surface area (Å²) in [7, 11) is -3.01. The number of nitrogens with zero attached hydrogens (tertiary/aromatic N) is 3. The molecule has 2 aliphatic heterocycles. The molecule has 0 saturated carbocycles. The van der Waals surface area contributed by atoms with Crippen molar-refractivity contribution in [1.29, 1.82) is 0 Å². The van der Waals surface area contributed by atoms with E-state index in [2.05, 4.69) is 14.8 Å². The minimum atomic E-state index is -3.01. The maximum Gasteiger partial charge on any atom is 0.254 e. The molecule has 8 nitrogen and oxygen atoms in total. The van der Waals surface area contributed by atoms with Crippen LogP contribution in [0.1, 0.15) is 12.0 Å². The molecule has 1 atom stereocenters. The molecule has 0 aliphatic carbocycles. The van der Waals surface area contributed by atoms with E-state index in [4.69, 9.17) is 9.57 Å². The third-order valence-electron chi connectivity index (χ3n) is 4.53. The van der Waals surface area contributed by atoms with Gasteiger partial charge in [-0.3, -0.25) is 0 Å². The van der Waals surface area contributed by atoms with Crippen LogP contribution in [0.3, 0.4) is 0 Å². The zero-order valence-electron chi connectivity index (χ0n) is 14.4. The van der Waals surface area contributed by atoms with E-state index in [1.807, 2.05) is 0 Å². The van der Waals surface area contributed by atoms with Gasteiger partial charge in [0.25, 0.3) is 5.88 Å². The molecular formula is C17H18FN3O5S. The van der Waals surface area contributed by atoms with Crippen LogP contribution in [-0.4, -0.2) is 56.6 Å². The van der Waals surface area contributed by atoms with Crippen LogP contribution in [0.5, 0.6) is 5.88 Å². The van der Waals surface area contributed by atoms with Crippen LogP contribution >= 0.6 is 0 Å². The summed E-state index contributed by atoms with van der Waals surface area (Å²) >= 11 is 0. The molecule has 144 valence electrons. The van der Waals surface area contributed by atoms with Crippen LogP contribution in [0.25, 0.3) is 0 Å². The van der Waals surface area contributed by atoms with E-state index in [0.717, 1.165) is 0 Å². The average Bonchev–Trinajstić information content (AvgIpc) is 3.32. The van der Waals surface area contributed by atoms with E-state index in [0.29, 0.717) is 42.4 Å². The number of rotatable bonds is 5. The second-order valence-electron chi connectivity index (χ2n) is 6.42. The summed E-state index contributed by atoms with van der Waals surface area (Å²) in [5.74, 6) is 0.0481. The second-order valence-corrected chi connectivity index (χ2v) is 8.73. The number of benzene rings is 1. The number of hydrogen-bond donors (Lipinski definition) is 0. The quantitative estimate of drug-likeness (QED) is 0.759. The Morgan fingerprint density at radius 2 is 2.07 bits per heavy atom. The van der Waals surface area contributed by atoms with Gasteiger partial charge >= 0.3 is 0 Å². The minimum absolute atomic E-state index is 0.0436. The van der Waals surface area contributed by atoms with Crippen molar-refractivity contribution >= 4 is 21.2 Å². The van der Waals surface area contributed by atoms with Gasteiger partial charge in [-0.2, -0.15) is 0 Å². The smallest absolute Gasteiger partial charge is 0.254 e. The lowest BCUT2D eigenvalue weighted by atomic mass is 10.0. The number of sulfone groups is 1. The van der Waals surface area contributed by atoms with Crippen LogP contribution in [0, 0.1) is 5.82 Å². The van der Waals surface area contributed by atoms with Gasteiger partial charge in [-0.1, -0.05) is 11.2 Å². The summed E-state index contributed by atoms with van der Waals surface area (Å²) in [6.07, 6.45) is 1.61. The molecule has 4 rings (SSSR count). The SMILES string of the molecule is O=S1(=O)CCN(c2ccc(C3=NOC(COc4ccon4)C3)cc2F)CC1. The van der Waals surface area contributed by atoms with E-state index >= 15 is 0 Å². The van der Waals surface area contributed by atoms with Crippen molar-refractivity contribution in [1.82, 2.24) is 5.16 Å². The molecule has 1 aromatic carbocycles. The number of aromatic nitrogens is 1. The van der Waals surface area contributed by atoms with Gasteiger partial charge in [-0.05, 0) is 17.3 Å². The minimum Gasteiger partial charge on any atom is -0.471 e. The summed E-state index contributed by atoms with van der Waals surface area (Å²) in [5.41, 5.74) is 1.67. The second kappa shape index (κ2) is 7.18. The maximum absolute atomic E-state index is 14.6. The van der Waals surface area contributed by atoms with Crippen LogP contribution in [0.4, 0.5) is 10.1 Å². The summed E-state index contributed by atoms with van der Waals surface area (Å²) in [5, 5.41) is 7.67. The first-order valence-electron chi connectivity index (χ1n) is 8.51. The predicted octanol–water partition coefficient (Wildman–Crippen LogP) is 1.62. The van der Waals surface area contributed by atoms with Crippen molar-refractivity contribution in [3.8, 4) is 5.88 Å². The van der Waals surface area contributed by atoms with Crippen molar-refractivity contribution in [2.45, 2.75) is 12.5 Å². The van der Waals surface area contributed by atoms with E-state index in [9.17, 15) is 12.8 Å². The molecule has 1 saturated heterocycles. The first-order chi connectivity index (χ1) is 13.0. The number of halogens is 1. The molecule has 1 unspecified atom stereocenters. The van der Waals surface area contributed by atoms with Crippen LogP contribution < -0.4 is 9.64 Å². The Balaban J connectivity index is 1.38. The molecule has 0 radical (unpaired) electrons. The van der Waals surface area contributed by atoms with Gasteiger partial charge in [0, 0.05) is 31.1 Å². The molecule has 27 heavy (non-hydrogen) atoms. The Kier molecular flexibility index (Phi) is 4.73. The van der Waals surface area contributed by atoms with Crippen LogP contribution in [0.15, 0.2) is 40.2 Å². The molecule has 0 bridgehead atoms. The normalized spacial score (nSPS) is 21.6. The first-order valence-corrected chi connectivity index (χ1v) is 10.3. The van der Waals surface area contributed by atoms with Crippen LogP contribution in [-0.2, 0) is 14.7 Å². The van der Waals surface area contributed by atoms with E-state index in [1.165, 1.54) is 12.3 Å². The first kappa shape index (κ1) is 17.8. The van der Waals surface area contributed by atoms with Crippen molar-refractivity contribution in [2.75, 3.05) is 36.1 Å². The van der Waals surface area contributed by atoms with E-state index < -0.39 is 15.7 Å². The maximum atomic E-state index is 14.6. The topological polar surface area (TPSA) is 94.2 Å². The molecule has 10 heteroatoms. The molecule has 3 heterocycles. The highest BCUT2D eigenvalue weighted by molar-refractivity contribution is 7.91. The fourth-order valence-electron chi connectivity index (χ4n) is 3.04. The molecule has 2 aliphatic rings. The van der Waals surface area contributed by atoms with Crippen LogP contribution in [0.2, 0.25) is 0 Å². The third-order valence-corrected chi connectivity index (χ3v) is 6.14. The van der Waals surface area contributed by atoms with E-state index in [1.54, 1.807) is 23.1 Å². The molecule has 0 N–H and O–H groups in total. The standard InChI is InChI=1S/C17H18FN3O5S/c18-14-9-12(1-2-16(14)21-4-7-27(22,23)8-5-21)15-10-13(26-19-15)11-24-17-3-6-25-20-17/h1-3,6,9,13H,4-5,7-8,10-11H2. The molecule has 0 spiro atoms. The Bertz CT molecular complexity index is 931. The zero-order valence-corrected chi connectivity index (χ0v) is 15.2. The van der Waals surface area contributed by atoms with Gasteiger partial charge in [-0.15, -0.1) is 0 Å². The largest absolute Gasteiger partial charge is 0.471 e. The van der Waals surface area contributed by atoms with E-state index in [-0.39, 0.29) is 24.2 Å². The fraction of sp³-hybridized carbons (Fsp3) is 0.412. The molecule has 0 amide bonds. The summed E-state index contributed by atoms with van der Waals surface area (Å²) in [4.78, 5) is 7.08. The highest BCUT2D eigenvalue weighted by Crippen LogP contribution is 2.25. The van der Waals surface area contributed by atoms with Gasteiger partial charge in [0.05, 0.1) is 22.9 Å². The van der Waals surface area contributed by atoms with Crippen molar-refractivity contribution in [3.05, 3.63) is 41.9 Å². The Labute approximate surface area is 155 Å². The Hall–Kier alpha value is -2.62. The lowest BCUT2D eigenvalue weighted by molar-refractivity contribution is 0.0446. The van der Waals surface area contributed by atoms with Gasteiger partial charge in [0.1, 0.15) is 18.7 Å². The number of oxime groups is 1. The Morgan fingerprint density at radius 1 is 1.26 bits per heavy atom. The number of ether oxygens (including phenoxy) is 1. The molecular weight excluding hydrogens is 377 g/mol. The third kappa shape index (κ3) is 4.05. The number of anilines is 1. The van der Waals surface area contributed by atoms with Crippen molar-refractivity contribution in [3.63, 3.8) is 0 Å². The lowest BCUT2D eigenvalue weighted by Gasteiger charge is -2.29. The molecule has 2 aromatic rings. The summed E-state index contributed by atoms with van der Waals surface area (Å²) in [6.45, 7) is 0.844.